The summed E-state index contributed by atoms with van der Waals surface area (Å²) in [7, 11) is 1.70. The fraction of sp³-hybridized carbons (Fsp3) is 0.250. The fourth-order valence-electron chi connectivity index (χ4n) is 2.40. The average molecular weight is 290 g/mol. The minimum atomic E-state index is 0.694. The standard InChI is InChI=1S/C16H16ClNO2/c1-19-7-6-18-9-11-10-20-16-13-5-3-2-4-12(13)15(17)8-14(11)16/h2-5,8,10,18H,6-7,9H2,1H3. The van der Waals surface area contributed by atoms with Crippen molar-refractivity contribution >= 4 is 33.3 Å². The molecule has 1 heterocycles. The van der Waals surface area contributed by atoms with Gasteiger partial charge in [0.15, 0.2) is 0 Å². The van der Waals surface area contributed by atoms with Crippen molar-refractivity contribution in [3.05, 3.63) is 47.2 Å². The number of halogens is 1. The summed E-state index contributed by atoms with van der Waals surface area (Å²) >= 11 is 6.37. The highest BCUT2D eigenvalue weighted by molar-refractivity contribution is 6.37. The van der Waals surface area contributed by atoms with Crippen LogP contribution < -0.4 is 5.32 Å². The normalized spacial score (nSPS) is 11.5. The molecule has 0 saturated heterocycles. The summed E-state index contributed by atoms with van der Waals surface area (Å²) in [6.45, 7) is 2.25. The molecule has 1 aromatic heterocycles. The topological polar surface area (TPSA) is 34.4 Å². The number of hydrogen-bond donors (Lipinski definition) is 1. The van der Waals surface area contributed by atoms with Gasteiger partial charge in [0.25, 0.3) is 0 Å². The number of furan rings is 1. The molecule has 0 fully saturated rings. The molecular formula is C16H16ClNO2. The van der Waals surface area contributed by atoms with Crippen LogP contribution in [0.4, 0.5) is 0 Å². The summed E-state index contributed by atoms with van der Waals surface area (Å²) in [5, 5.41) is 7.22. The molecule has 1 N–H and O–H groups in total. The SMILES string of the molecule is COCCNCc1coc2c1cc(Cl)c1ccccc12. The highest BCUT2D eigenvalue weighted by atomic mass is 35.5. The van der Waals surface area contributed by atoms with E-state index in [-0.39, 0.29) is 0 Å². The van der Waals surface area contributed by atoms with E-state index in [2.05, 4.69) is 5.32 Å². The van der Waals surface area contributed by atoms with Crippen molar-refractivity contribution in [2.45, 2.75) is 6.54 Å². The molecular weight excluding hydrogens is 274 g/mol. The van der Waals surface area contributed by atoms with E-state index >= 15 is 0 Å². The van der Waals surface area contributed by atoms with Crippen LogP contribution in [0, 0.1) is 0 Å². The van der Waals surface area contributed by atoms with E-state index in [1.807, 2.05) is 30.3 Å². The van der Waals surface area contributed by atoms with E-state index in [9.17, 15) is 0 Å². The number of hydrogen-bond acceptors (Lipinski definition) is 3. The van der Waals surface area contributed by atoms with Crippen LogP contribution in [0.1, 0.15) is 5.56 Å². The Labute approximate surface area is 122 Å². The highest BCUT2D eigenvalue weighted by Crippen LogP contribution is 2.34. The fourth-order valence-corrected chi connectivity index (χ4v) is 2.67. The van der Waals surface area contributed by atoms with Gasteiger partial charge in [0.05, 0.1) is 12.9 Å². The maximum atomic E-state index is 6.37. The molecule has 0 aliphatic carbocycles. The number of ether oxygens (including phenoxy) is 1. The number of methoxy groups -OCH3 is 1. The van der Waals surface area contributed by atoms with Crippen LogP contribution in [0.15, 0.2) is 41.0 Å². The van der Waals surface area contributed by atoms with Crippen LogP contribution in [-0.4, -0.2) is 20.3 Å². The molecule has 0 saturated carbocycles. The Bertz CT molecular complexity index is 736. The molecule has 20 heavy (non-hydrogen) atoms. The van der Waals surface area contributed by atoms with Crippen LogP contribution in [0.25, 0.3) is 21.7 Å². The molecule has 0 radical (unpaired) electrons. The van der Waals surface area contributed by atoms with Crippen molar-refractivity contribution in [2.75, 3.05) is 20.3 Å². The van der Waals surface area contributed by atoms with Crippen LogP contribution >= 0.6 is 11.6 Å². The molecule has 0 atom stereocenters. The van der Waals surface area contributed by atoms with Gasteiger partial charge >= 0.3 is 0 Å². The third-order valence-corrected chi connectivity index (χ3v) is 3.72. The first-order valence-electron chi connectivity index (χ1n) is 6.58. The maximum Gasteiger partial charge on any atom is 0.142 e. The summed E-state index contributed by atoms with van der Waals surface area (Å²) in [6, 6.07) is 10.0. The lowest BCUT2D eigenvalue weighted by atomic mass is 10.1. The van der Waals surface area contributed by atoms with Crippen LogP contribution in [0.3, 0.4) is 0 Å². The van der Waals surface area contributed by atoms with Gasteiger partial charge in [0.1, 0.15) is 5.58 Å². The van der Waals surface area contributed by atoms with Crippen molar-refractivity contribution < 1.29 is 9.15 Å². The number of nitrogens with one attached hydrogen (secondary N) is 1. The molecule has 0 aliphatic rings. The lowest BCUT2D eigenvalue weighted by Crippen LogP contribution is -2.18. The average Bonchev–Trinajstić information content (AvgIpc) is 2.87. The first kappa shape index (κ1) is 13.4. The Morgan fingerprint density at radius 3 is 2.80 bits per heavy atom. The number of benzene rings is 2. The lowest BCUT2D eigenvalue weighted by Gasteiger charge is -2.04. The molecule has 2 aromatic carbocycles. The van der Waals surface area contributed by atoms with Crippen LogP contribution in [0.2, 0.25) is 5.02 Å². The summed E-state index contributed by atoms with van der Waals surface area (Å²) in [5.41, 5.74) is 2.01. The number of fused-ring (bicyclic) bond motifs is 3. The second-order valence-corrected chi connectivity index (χ2v) is 5.12. The van der Waals surface area contributed by atoms with E-state index in [4.69, 9.17) is 20.8 Å². The van der Waals surface area contributed by atoms with Crippen molar-refractivity contribution in [3.8, 4) is 0 Å². The van der Waals surface area contributed by atoms with E-state index < -0.39 is 0 Å². The molecule has 3 rings (SSSR count). The zero-order valence-electron chi connectivity index (χ0n) is 11.3. The minimum absolute atomic E-state index is 0.694. The molecule has 0 bridgehead atoms. The zero-order valence-corrected chi connectivity index (χ0v) is 12.0. The second-order valence-electron chi connectivity index (χ2n) is 4.71. The van der Waals surface area contributed by atoms with Gasteiger partial charge in [-0.1, -0.05) is 35.9 Å². The van der Waals surface area contributed by atoms with Gasteiger partial charge in [-0.25, -0.2) is 0 Å². The Hall–Kier alpha value is -1.55. The largest absolute Gasteiger partial charge is 0.463 e. The van der Waals surface area contributed by atoms with E-state index in [0.717, 1.165) is 45.4 Å². The van der Waals surface area contributed by atoms with Gasteiger partial charge in [0.2, 0.25) is 0 Å². The van der Waals surface area contributed by atoms with Crippen molar-refractivity contribution in [1.29, 1.82) is 0 Å². The third kappa shape index (κ3) is 2.40. The van der Waals surface area contributed by atoms with E-state index in [0.29, 0.717) is 6.61 Å². The second kappa shape index (κ2) is 5.83. The zero-order chi connectivity index (χ0) is 13.9. The quantitative estimate of drug-likeness (QED) is 0.722. The number of rotatable bonds is 5. The van der Waals surface area contributed by atoms with Gasteiger partial charge in [-0.15, -0.1) is 0 Å². The molecule has 4 heteroatoms. The Balaban J connectivity index is 2.00. The van der Waals surface area contributed by atoms with Gasteiger partial charge < -0.3 is 14.5 Å². The molecule has 0 unspecified atom stereocenters. The van der Waals surface area contributed by atoms with Gasteiger partial charge in [-0.05, 0) is 6.07 Å². The van der Waals surface area contributed by atoms with Crippen LogP contribution in [-0.2, 0) is 11.3 Å². The molecule has 0 amide bonds. The summed E-state index contributed by atoms with van der Waals surface area (Å²) in [6.07, 6.45) is 1.80. The van der Waals surface area contributed by atoms with E-state index in [1.165, 1.54) is 0 Å². The first-order valence-corrected chi connectivity index (χ1v) is 6.96. The molecule has 0 aliphatic heterocycles. The first-order chi connectivity index (χ1) is 9.81. The predicted molar refractivity (Wildman–Crippen MR) is 82.3 cm³/mol. The van der Waals surface area contributed by atoms with E-state index in [1.54, 1.807) is 13.4 Å². The summed E-state index contributed by atoms with van der Waals surface area (Å²) in [5.74, 6) is 0. The Kier molecular flexibility index (Phi) is 3.92. The minimum Gasteiger partial charge on any atom is -0.463 e. The summed E-state index contributed by atoms with van der Waals surface area (Å²) in [4.78, 5) is 0. The van der Waals surface area contributed by atoms with Crippen molar-refractivity contribution in [2.24, 2.45) is 0 Å². The van der Waals surface area contributed by atoms with Crippen LogP contribution in [0.5, 0.6) is 0 Å². The lowest BCUT2D eigenvalue weighted by molar-refractivity contribution is 0.199. The Morgan fingerprint density at radius 2 is 2.00 bits per heavy atom. The monoisotopic (exact) mass is 289 g/mol. The van der Waals surface area contributed by atoms with Gasteiger partial charge in [0, 0.05) is 46.9 Å². The molecule has 0 spiro atoms. The summed E-state index contributed by atoms with van der Waals surface area (Å²) < 4.78 is 10.8. The molecule has 3 nitrogen and oxygen atoms in total. The van der Waals surface area contributed by atoms with Gasteiger partial charge in [-0.3, -0.25) is 0 Å². The molecule has 104 valence electrons. The van der Waals surface area contributed by atoms with Crippen molar-refractivity contribution in [1.82, 2.24) is 5.32 Å². The molecule has 3 aromatic rings. The Morgan fingerprint density at radius 1 is 1.20 bits per heavy atom. The van der Waals surface area contributed by atoms with Gasteiger partial charge in [-0.2, -0.15) is 0 Å². The maximum absolute atomic E-state index is 6.37. The highest BCUT2D eigenvalue weighted by Gasteiger charge is 2.11. The third-order valence-electron chi connectivity index (χ3n) is 3.41. The van der Waals surface area contributed by atoms with Crippen molar-refractivity contribution in [3.63, 3.8) is 0 Å². The smallest absolute Gasteiger partial charge is 0.142 e. The predicted octanol–water partition coefficient (Wildman–Crippen LogP) is 3.98.